The summed E-state index contributed by atoms with van der Waals surface area (Å²) in [5.41, 5.74) is 6.48. The number of rotatable bonds is 7. The number of fused-ring (bicyclic) bond motifs is 1. The maximum absolute atomic E-state index is 13.2. The van der Waals surface area contributed by atoms with E-state index in [-0.39, 0.29) is 5.91 Å². The molecule has 0 bridgehead atoms. The Kier molecular flexibility index (Phi) is 6.02. The zero-order valence-electron chi connectivity index (χ0n) is 17.5. The average molecular weight is 379 g/mol. The lowest BCUT2D eigenvalue weighted by Crippen LogP contribution is -2.22. The lowest BCUT2D eigenvalue weighted by atomic mass is 10.1. The SMILES string of the molecule is CCCc1nc2c(C)cccn2c1C(=O)Nc1ccc(N(CC)CC)cc1C. The van der Waals surface area contributed by atoms with Gasteiger partial charge in [0.05, 0.1) is 5.69 Å². The number of hydrogen-bond donors (Lipinski definition) is 1. The van der Waals surface area contributed by atoms with Crippen LogP contribution >= 0.6 is 0 Å². The number of carbonyl (C=O) groups is 1. The van der Waals surface area contributed by atoms with Crippen LogP contribution in [0.3, 0.4) is 0 Å². The summed E-state index contributed by atoms with van der Waals surface area (Å²) in [5, 5.41) is 3.11. The molecule has 0 saturated heterocycles. The summed E-state index contributed by atoms with van der Waals surface area (Å²) in [6, 6.07) is 10.2. The molecule has 0 aliphatic carbocycles. The smallest absolute Gasteiger partial charge is 0.274 e. The average Bonchev–Trinajstić information content (AvgIpc) is 3.05. The third kappa shape index (κ3) is 3.75. The number of carbonyl (C=O) groups excluding carboxylic acids is 1. The van der Waals surface area contributed by atoms with E-state index in [2.05, 4.69) is 43.1 Å². The fourth-order valence-electron chi connectivity index (χ4n) is 3.66. The van der Waals surface area contributed by atoms with Gasteiger partial charge in [-0.3, -0.25) is 9.20 Å². The Hall–Kier alpha value is -2.82. The van der Waals surface area contributed by atoms with Gasteiger partial charge in [-0.25, -0.2) is 4.98 Å². The van der Waals surface area contributed by atoms with Crippen LogP contribution in [-0.4, -0.2) is 28.4 Å². The highest BCUT2D eigenvalue weighted by atomic mass is 16.2. The van der Waals surface area contributed by atoms with E-state index in [0.29, 0.717) is 5.69 Å². The van der Waals surface area contributed by atoms with E-state index in [1.54, 1.807) is 0 Å². The van der Waals surface area contributed by atoms with Gasteiger partial charge in [-0.2, -0.15) is 0 Å². The largest absolute Gasteiger partial charge is 0.372 e. The van der Waals surface area contributed by atoms with Gasteiger partial charge < -0.3 is 10.2 Å². The van der Waals surface area contributed by atoms with E-state index in [1.807, 2.05) is 42.6 Å². The highest BCUT2D eigenvalue weighted by molar-refractivity contribution is 6.05. The lowest BCUT2D eigenvalue weighted by Gasteiger charge is -2.22. The minimum absolute atomic E-state index is 0.111. The van der Waals surface area contributed by atoms with Crippen LogP contribution in [0.5, 0.6) is 0 Å². The normalized spacial score (nSPS) is 11.0. The van der Waals surface area contributed by atoms with Crippen LogP contribution in [-0.2, 0) is 6.42 Å². The predicted molar refractivity (Wildman–Crippen MR) is 117 cm³/mol. The van der Waals surface area contributed by atoms with Crippen LogP contribution in [0.25, 0.3) is 5.65 Å². The number of amides is 1. The molecule has 0 atom stereocenters. The number of nitrogens with zero attached hydrogens (tertiary/aromatic N) is 3. The van der Waals surface area contributed by atoms with Gasteiger partial charge in [0.25, 0.3) is 5.91 Å². The van der Waals surface area contributed by atoms with Crippen molar-refractivity contribution in [1.29, 1.82) is 0 Å². The van der Waals surface area contributed by atoms with Gasteiger partial charge in [0, 0.05) is 30.7 Å². The zero-order chi connectivity index (χ0) is 20.3. The molecule has 1 amide bonds. The fraction of sp³-hybridized carbons (Fsp3) is 0.391. The van der Waals surface area contributed by atoms with Crippen LogP contribution in [0.15, 0.2) is 36.5 Å². The number of hydrogen-bond acceptors (Lipinski definition) is 3. The van der Waals surface area contributed by atoms with Gasteiger partial charge in [0.2, 0.25) is 0 Å². The number of aromatic nitrogens is 2. The van der Waals surface area contributed by atoms with Crippen molar-refractivity contribution in [3.8, 4) is 0 Å². The number of benzene rings is 1. The number of nitrogens with one attached hydrogen (secondary N) is 1. The molecule has 0 fully saturated rings. The molecule has 3 aromatic rings. The molecule has 3 rings (SSSR count). The van der Waals surface area contributed by atoms with Gasteiger partial charge >= 0.3 is 0 Å². The fourth-order valence-corrected chi connectivity index (χ4v) is 3.66. The minimum atomic E-state index is -0.111. The van der Waals surface area contributed by atoms with Gasteiger partial charge in [-0.1, -0.05) is 19.4 Å². The molecule has 5 heteroatoms. The number of pyridine rings is 1. The predicted octanol–water partition coefficient (Wildman–Crippen LogP) is 5.00. The first-order valence-corrected chi connectivity index (χ1v) is 10.1. The topological polar surface area (TPSA) is 49.6 Å². The Morgan fingerprint density at radius 1 is 1.11 bits per heavy atom. The molecule has 1 aromatic carbocycles. The van der Waals surface area contributed by atoms with Gasteiger partial charge in [0.1, 0.15) is 11.3 Å². The minimum Gasteiger partial charge on any atom is -0.372 e. The Balaban J connectivity index is 1.95. The molecule has 0 spiro atoms. The maximum atomic E-state index is 13.2. The van der Waals surface area contributed by atoms with Crippen molar-refractivity contribution in [3.63, 3.8) is 0 Å². The summed E-state index contributed by atoms with van der Waals surface area (Å²) < 4.78 is 1.91. The highest BCUT2D eigenvalue weighted by Crippen LogP contribution is 2.24. The van der Waals surface area contributed by atoms with Crippen molar-refractivity contribution >= 4 is 22.9 Å². The first-order chi connectivity index (χ1) is 13.5. The Labute approximate surface area is 167 Å². The van der Waals surface area contributed by atoms with Crippen LogP contribution in [0.2, 0.25) is 0 Å². The molecular formula is C23H30N4O. The number of imidazole rings is 1. The van der Waals surface area contributed by atoms with Crippen molar-refractivity contribution < 1.29 is 4.79 Å². The van der Waals surface area contributed by atoms with Gasteiger partial charge in [-0.05, 0) is 69.5 Å². The third-order valence-electron chi connectivity index (χ3n) is 5.21. The monoisotopic (exact) mass is 378 g/mol. The summed E-state index contributed by atoms with van der Waals surface area (Å²) in [6.45, 7) is 12.4. The van der Waals surface area contributed by atoms with Gasteiger partial charge in [-0.15, -0.1) is 0 Å². The molecule has 148 valence electrons. The van der Waals surface area contributed by atoms with Crippen molar-refractivity contribution in [2.75, 3.05) is 23.3 Å². The summed E-state index contributed by atoms with van der Waals surface area (Å²) in [4.78, 5) is 20.2. The number of anilines is 2. The summed E-state index contributed by atoms with van der Waals surface area (Å²) in [6.07, 6.45) is 3.64. The quantitative estimate of drug-likeness (QED) is 0.629. The summed E-state index contributed by atoms with van der Waals surface area (Å²) in [5.74, 6) is -0.111. The molecule has 0 saturated carbocycles. The first kappa shape index (κ1) is 19.9. The van der Waals surface area contributed by atoms with Crippen LogP contribution in [0, 0.1) is 13.8 Å². The lowest BCUT2D eigenvalue weighted by molar-refractivity contribution is 0.102. The molecule has 2 heterocycles. The molecule has 0 radical (unpaired) electrons. The first-order valence-electron chi connectivity index (χ1n) is 10.1. The molecular weight excluding hydrogens is 348 g/mol. The van der Waals surface area contributed by atoms with Crippen molar-refractivity contribution in [1.82, 2.24) is 9.38 Å². The van der Waals surface area contributed by atoms with Crippen molar-refractivity contribution in [2.24, 2.45) is 0 Å². The standard InChI is InChI=1S/C23H30N4O/c1-6-10-20-21(27-14-9-11-16(4)22(27)24-20)23(28)25-19-13-12-18(15-17(19)5)26(7-2)8-3/h9,11-15H,6-8,10H2,1-5H3,(H,25,28). The van der Waals surface area contributed by atoms with E-state index in [4.69, 9.17) is 4.98 Å². The zero-order valence-corrected chi connectivity index (χ0v) is 17.5. The van der Waals surface area contributed by atoms with E-state index in [1.165, 1.54) is 5.69 Å². The highest BCUT2D eigenvalue weighted by Gasteiger charge is 2.20. The number of aryl methyl sites for hydroxylation is 3. The van der Waals surface area contributed by atoms with E-state index < -0.39 is 0 Å². The summed E-state index contributed by atoms with van der Waals surface area (Å²) in [7, 11) is 0. The molecule has 0 aliphatic rings. The molecule has 28 heavy (non-hydrogen) atoms. The van der Waals surface area contributed by atoms with E-state index >= 15 is 0 Å². The van der Waals surface area contributed by atoms with Crippen LogP contribution in [0.1, 0.15) is 54.5 Å². The molecule has 0 unspecified atom stereocenters. The maximum Gasteiger partial charge on any atom is 0.274 e. The second-order valence-electron chi connectivity index (χ2n) is 7.17. The van der Waals surface area contributed by atoms with E-state index in [0.717, 1.165) is 54.1 Å². The Morgan fingerprint density at radius 3 is 2.50 bits per heavy atom. The second-order valence-corrected chi connectivity index (χ2v) is 7.17. The second kappa shape index (κ2) is 8.46. The van der Waals surface area contributed by atoms with Crippen LogP contribution in [0.4, 0.5) is 11.4 Å². The van der Waals surface area contributed by atoms with Crippen molar-refractivity contribution in [2.45, 2.75) is 47.5 Å². The third-order valence-corrected chi connectivity index (χ3v) is 5.21. The molecule has 5 nitrogen and oxygen atoms in total. The summed E-state index contributed by atoms with van der Waals surface area (Å²) >= 11 is 0. The van der Waals surface area contributed by atoms with Crippen molar-refractivity contribution in [3.05, 3.63) is 59.0 Å². The van der Waals surface area contributed by atoms with Gasteiger partial charge in [0.15, 0.2) is 0 Å². The Morgan fingerprint density at radius 2 is 1.86 bits per heavy atom. The molecule has 1 N–H and O–H groups in total. The van der Waals surface area contributed by atoms with E-state index in [9.17, 15) is 4.79 Å². The van der Waals surface area contributed by atoms with Crippen LogP contribution < -0.4 is 10.2 Å². The Bertz CT molecular complexity index is 986. The molecule has 2 aromatic heterocycles. The molecule has 0 aliphatic heterocycles.